The number of rotatable bonds is 7. The SMILES string of the molecule is CCNC(=NCc1ccc(N2CCOC(C)C2)nc1)NC(C)Cc1c(C)nn(C)c1C. The summed E-state index contributed by atoms with van der Waals surface area (Å²) in [7, 11) is 1.99. The molecule has 8 nitrogen and oxygen atoms in total. The van der Waals surface area contributed by atoms with Crippen molar-refractivity contribution in [2.24, 2.45) is 12.0 Å². The Kier molecular flexibility index (Phi) is 7.90. The first-order chi connectivity index (χ1) is 14.9. The van der Waals surface area contributed by atoms with Gasteiger partial charge in [0, 0.05) is 44.6 Å². The molecule has 3 heterocycles. The Morgan fingerprint density at radius 3 is 2.77 bits per heavy atom. The van der Waals surface area contributed by atoms with Crippen LogP contribution in [-0.2, 0) is 24.8 Å². The lowest BCUT2D eigenvalue weighted by Crippen LogP contribution is -2.43. The summed E-state index contributed by atoms with van der Waals surface area (Å²) in [5.74, 6) is 1.82. The quantitative estimate of drug-likeness (QED) is 0.522. The molecule has 0 aliphatic carbocycles. The van der Waals surface area contributed by atoms with Crippen LogP contribution in [0.2, 0.25) is 0 Å². The van der Waals surface area contributed by atoms with E-state index in [4.69, 9.17) is 9.73 Å². The molecular formula is C23H37N7O. The van der Waals surface area contributed by atoms with Crippen LogP contribution in [0.1, 0.15) is 43.3 Å². The predicted molar refractivity (Wildman–Crippen MR) is 126 cm³/mol. The number of morpholine rings is 1. The number of ether oxygens (including phenoxy) is 1. The van der Waals surface area contributed by atoms with Crippen molar-refractivity contribution >= 4 is 11.8 Å². The maximum Gasteiger partial charge on any atom is 0.191 e. The van der Waals surface area contributed by atoms with Crippen LogP contribution in [0.3, 0.4) is 0 Å². The number of nitrogens with one attached hydrogen (secondary N) is 2. The number of anilines is 1. The van der Waals surface area contributed by atoms with E-state index in [1.807, 2.05) is 17.9 Å². The maximum atomic E-state index is 5.62. The van der Waals surface area contributed by atoms with Gasteiger partial charge in [-0.3, -0.25) is 4.68 Å². The number of aromatic nitrogens is 3. The molecule has 8 heteroatoms. The van der Waals surface area contributed by atoms with Crippen molar-refractivity contribution in [1.82, 2.24) is 25.4 Å². The Bertz CT molecular complexity index is 875. The molecule has 170 valence electrons. The molecule has 1 saturated heterocycles. The highest BCUT2D eigenvalue weighted by molar-refractivity contribution is 5.80. The van der Waals surface area contributed by atoms with Crippen molar-refractivity contribution in [1.29, 1.82) is 0 Å². The summed E-state index contributed by atoms with van der Waals surface area (Å²) in [6, 6.07) is 4.43. The van der Waals surface area contributed by atoms with E-state index in [1.54, 1.807) is 0 Å². The molecular weight excluding hydrogens is 390 g/mol. The summed E-state index contributed by atoms with van der Waals surface area (Å²) >= 11 is 0. The van der Waals surface area contributed by atoms with Crippen LogP contribution in [0.15, 0.2) is 23.3 Å². The van der Waals surface area contributed by atoms with E-state index in [-0.39, 0.29) is 12.1 Å². The monoisotopic (exact) mass is 427 g/mol. The molecule has 0 radical (unpaired) electrons. The molecule has 1 aliphatic heterocycles. The van der Waals surface area contributed by atoms with Crippen LogP contribution in [0.4, 0.5) is 5.82 Å². The highest BCUT2D eigenvalue weighted by Crippen LogP contribution is 2.16. The van der Waals surface area contributed by atoms with Crippen LogP contribution in [-0.4, -0.2) is 59.1 Å². The Hall–Kier alpha value is -2.61. The summed E-state index contributed by atoms with van der Waals surface area (Å²) in [5, 5.41) is 11.4. The van der Waals surface area contributed by atoms with Crippen molar-refractivity contribution in [3.63, 3.8) is 0 Å². The zero-order chi connectivity index (χ0) is 22.4. The number of pyridine rings is 1. The largest absolute Gasteiger partial charge is 0.375 e. The van der Waals surface area contributed by atoms with E-state index in [0.29, 0.717) is 6.54 Å². The Balaban J connectivity index is 1.59. The van der Waals surface area contributed by atoms with E-state index >= 15 is 0 Å². The molecule has 2 unspecified atom stereocenters. The fraction of sp³-hybridized carbons (Fsp3) is 0.609. The van der Waals surface area contributed by atoms with Gasteiger partial charge in [0.2, 0.25) is 0 Å². The van der Waals surface area contributed by atoms with E-state index in [2.05, 4.69) is 72.4 Å². The second kappa shape index (κ2) is 10.6. The number of guanidine groups is 1. The van der Waals surface area contributed by atoms with Crippen LogP contribution in [0, 0.1) is 13.8 Å². The van der Waals surface area contributed by atoms with Gasteiger partial charge in [0.25, 0.3) is 0 Å². The summed E-state index contributed by atoms with van der Waals surface area (Å²) in [4.78, 5) is 11.7. The molecule has 0 bridgehead atoms. The predicted octanol–water partition coefficient (Wildman–Crippen LogP) is 2.34. The van der Waals surface area contributed by atoms with Crippen LogP contribution < -0.4 is 15.5 Å². The number of hydrogen-bond acceptors (Lipinski definition) is 5. The Morgan fingerprint density at radius 1 is 1.35 bits per heavy atom. The van der Waals surface area contributed by atoms with Crippen LogP contribution in [0.25, 0.3) is 0 Å². The van der Waals surface area contributed by atoms with Gasteiger partial charge in [0.05, 0.1) is 24.9 Å². The lowest BCUT2D eigenvalue weighted by molar-refractivity contribution is 0.0529. The number of aliphatic imine (C=N–C) groups is 1. The molecule has 2 aromatic heterocycles. The molecule has 0 amide bonds. The second-order valence-corrected chi connectivity index (χ2v) is 8.37. The van der Waals surface area contributed by atoms with E-state index in [1.165, 1.54) is 11.3 Å². The van der Waals surface area contributed by atoms with Crippen LogP contribution in [0.5, 0.6) is 0 Å². The third kappa shape index (κ3) is 6.19. The Labute approximate surface area is 186 Å². The molecule has 3 rings (SSSR count). The van der Waals surface area contributed by atoms with Gasteiger partial charge in [-0.05, 0) is 58.2 Å². The summed E-state index contributed by atoms with van der Waals surface area (Å²) in [6.07, 6.45) is 3.08. The van der Waals surface area contributed by atoms with Gasteiger partial charge in [-0.1, -0.05) is 6.07 Å². The second-order valence-electron chi connectivity index (χ2n) is 8.37. The molecule has 2 atom stereocenters. The van der Waals surface area contributed by atoms with Crippen molar-refractivity contribution in [3.05, 3.63) is 40.8 Å². The first-order valence-corrected chi connectivity index (χ1v) is 11.2. The average molecular weight is 428 g/mol. The van der Waals surface area contributed by atoms with Crippen molar-refractivity contribution in [2.75, 3.05) is 31.1 Å². The van der Waals surface area contributed by atoms with Crippen LogP contribution >= 0.6 is 0 Å². The minimum absolute atomic E-state index is 0.239. The standard InChI is InChI=1S/C23H37N7O/c1-7-24-23(27-16(2)12-21-18(4)28-29(6)19(21)5)26-14-20-8-9-22(25-13-20)30-10-11-31-17(3)15-30/h8-9,13,16-17H,7,10-12,14-15H2,1-6H3,(H2,24,26,27). The van der Waals surface area contributed by atoms with Crippen molar-refractivity contribution in [3.8, 4) is 0 Å². The third-order valence-corrected chi connectivity index (χ3v) is 5.69. The van der Waals surface area contributed by atoms with E-state index in [0.717, 1.165) is 55.7 Å². The number of hydrogen-bond donors (Lipinski definition) is 2. The zero-order valence-electron chi connectivity index (χ0n) is 19.8. The topological polar surface area (TPSA) is 79.6 Å². The van der Waals surface area contributed by atoms with Gasteiger partial charge in [0.1, 0.15) is 5.82 Å². The Morgan fingerprint density at radius 2 is 2.16 bits per heavy atom. The lowest BCUT2D eigenvalue weighted by atomic mass is 10.1. The minimum atomic E-state index is 0.239. The van der Waals surface area contributed by atoms with E-state index < -0.39 is 0 Å². The molecule has 2 aromatic rings. The third-order valence-electron chi connectivity index (χ3n) is 5.69. The van der Waals surface area contributed by atoms with Gasteiger partial charge >= 0.3 is 0 Å². The van der Waals surface area contributed by atoms with Gasteiger partial charge in [-0.2, -0.15) is 5.10 Å². The number of nitrogens with zero attached hydrogens (tertiary/aromatic N) is 5. The van der Waals surface area contributed by atoms with Gasteiger partial charge in [0.15, 0.2) is 5.96 Å². The highest BCUT2D eigenvalue weighted by atomic mass is 16.5. The zero-order valence-corrected chi connectivity index (χ0v) is 19.8. The van der Waals surface area contributed by atoms with E-state index in [9.17, 15) is 0 Å². The maximum absolute atomic E-state index is 5.62. The molecule has 1 aliphatic rings. The molecule has 0 aromatic carbocycles. The smallest absolute Gasteiger partial charge is 0.191 e. The van der Waals surface area contributed by atoms with Gasteiger partial charge in [-0.25, -0.2) is 9.98 Å². The summed E-state index contributed by atoms with van der Waals surface area (Å²) in [5.41, 5.74) is 4.70. The summed E-state index contributed by atoms with van der Waals surface area (Å²) < 4.78 is 7.57. The minimum Gasteiger partial charge on any atom is -0.375 e. The normalized spacial score (nSPS) is 18.2. The van der Waals surface area contributed by atoms with Gasteiger partial charge < -0.3 is 20.3 Å². The summed E-state index contributed by atoms with van der Waals surface area (Å²) in [6.45, 7) is 14.5. The fourth-order valence-electron chi connectivity index (χ4n) is 3.92. The van der Waals surface area contributed by atoms with Crippen molar-refractivity contribution in [2.45, 2.75) is 59.7 Å². The first-order valence-electron chi connectivity index (χ1n) is 11.2. The molecule has 0 spiro atoms. The lowest BCUT2D eigenvalue weighted by Gasteiger charge is -2.32. The highest BCUT2D eigenvalue weighted by Gasteiger charge is 2.18. The molecule has 0 saturated carbocycles. The fourth-order valence-corrected chi connectivity index (χ4v) is 3.92. The van der Waals surface area contributed by atoms with Crippen molar-refractivity contribution < 1.29 is 4.74 Å². The molecule has 1 fully saturated rings. The van der Waals surface area contributed by atoms with Gasteiger partial charge in [-0.15, -0.1) is 0 Å². The first kappa shape index (κ1) is 23.1. The number of aryl methyl sites for hydroxylation is 2. The molecule has 31 heavy (non-hydrogen) atoms. The molecule has 2 N–H and O–H groups in total. The average Bonchev–Trinajstić information content (AvgIpc) is 2.98.